The summed E-state index contributed by atoms with van der Waals surface area (Å²) in [5.41, 5.74) is 1.64. The summed E-state index contributed by atoms with van der Waals surface area (Å²) in [6.45, 7) is 12.1. The first-order chi connectivity index (χ1) is 20.8. The molecule has 3 rings (SSSR count). The highest BCUT2D eigenvalue weighted by atomic mass is 35.5. The fourth-order valence-corrected chi connectivity index (χ4v) is 5.73. The molecule has 0 saturated carbocycles. The fourth-order valence-electron chi connectivity index (χ4n) is 5.55. The molecule has 5 atom stereocenters. The first-order valence-corrected chi connectivity index (χ1v) is 16.4. The average Bonchev–Trinajstić information content (AvgIpc) is 3.01. The minimum Gasteiger partial charge on any atom is -0.494 e. The molecule has 1 N–H and O–H groups in total. The second kappa shape index (κ2) is 17.7. The number of aliphatic hydroxyl groups is 1. The van der Waals surface area contributed by atoms with E-state index in [9.17, 15) is 5.11 Å². The van der Waals surface area contributed by atoms with Crippen molar-refractivity contribution in [2.45, 2.75) is 109 Å². The highest BCUT2D eigenvalue weighted by Gasteiger charge is 2.62. The van der Waals surface area contributed by atoms with Crippen molar-refractivity contribution in [2.24, 2.45) is 0 Å². The van der Waals surface area contributed by atoms with E-state index in [1.807, 2.05) is 56.3 Å². The summed E-state index contributed by atoms with van der Waals surface area (Å²) in [4.78, 5) is 0. The highest BCUT2D eigenvalue weighted by molar-refractivity contribution is 6.31. The van der Waals surface area contributed by atoms with Crippen LogP contribution in [0.4, 0.5) is 0 Å². The predicted molar refractivity (Wildman–Crippen MR) is 171 cm³/mol. The molecule has 0 radical (unpaired) electrons. The van der Waals surface area contributed by atoms with Crippen LogP contribution in [0, 0.1) is 0 Å². The number of hydrogen-bond acceptors (Lipinski definition) is 7. The van der Waals surface area contributed by atoms with E-state index < -0.39 is 29.7 Å². The molecular weight excluding hydrogens is 568 g/mol. The first kappa shape index (κ1) is 35.8. The van der Waals surface area contributed by atoms with Crippen LogP contribution in [0.25, 0.3) is 0 Å². The third-order valence-corrected chi connectivity index (χ3v) is 8.42. The zero-order chi connectivity index (χ0) is 31.3. The van der Waals surface area contributed by atoms with E-state index in [1.165, 1.54) is 0 Å². The number of rotatable bonds is 19. The largest absolute Gasteiger partial charge is 0.494 e. The number of ether oxygens (including phenoxy) is 6. The zero-order valence-electron chi connectivity index (χ0n) is 27.0. The first-order valence-electron chi connectivity index (χ1n) is 16.0. The molecule has 0 amide bonds. The summed E-state index contributed by atoms with van der Waals surface area (Å²) in [6.07, 6.45) is 4.46. The lowest BCUT2D eigenvalue weighted by atomic mass is 9.81. The van der Waals surface area contributed by atoms with Gasteiger partial charge in [0.1, 0.15) is 29.7 Å². The zero-order valence-corrected chi connectivity index (χ0v) is 27.8. The van der Waals surface area contributed by atoms with Crippen LogP contribution in [-0.4, -0.2) is 69.2 Å². The van der Waals surface area contributed by atoms with Crippen LogP contribution in [0.5, 0.6) is 5.75 Å². The Hall–Kier alpha value is -1.71. The molecule has 242 valence electrons. The lowest BCUT2D eigenvalue weighted by molar-refractivity contribution is -0.407. The summed E-state index contributed by atoms with van der Waals surface area (Å²) in [5, 5.41) is 11.5. The quantitative estimate of drug-likeness (QED) is 0.163. The van der Waals surface area contributed by atoms with Crippen molar-refractivity contribution in [3.8, 4) is 5.75 Å². The van der Waals surface area contributed by atoms with Crippen molar-refractivity contribution in [3.05, 3.63) is 64.2 Å². The number of aliphatic hydroxyl groups excluding tert-OH is 1. The SMILES string of the molecule is CCCCO[C@@H]1[C@@H](OCCCC)[C@](OC)(c2ccc(Cl)c(Cc3ccc(OCC)cc3)c2)O[C@](C)(CO)[C@H]1OCCCC. The molecule has 1 saturated heterocycles. The molecule has 0 bridgehead atoms. The van der Waals surface area contributed by atoms with Crippen molar-refractivity contribution in [1.29, 1.82) is 0 Å². The smallest absolute Gasteiger partial charge is 0.225 e. The highest BCUT2D eigenvalue weighted by Crippen LogP contribution is 2.47. The Morgan fingerprint density at radius 3 is 2.00 bits per heavy atom. The third kappa shape index (κ3) is 8.94. The van der Waals surface area contributed by atoms with Crippen LogP contribution in [-0.2, 0) is 35.9 Å². The number of unbranched alkanes of at least 4 members (excludes halogenated alkanes) is 3. The fraction of sp³-hybridized carbons (Fsp3) is 0.657. The normalized spacial score (nSPS) is 25.6. The lowest BCUT2D eigenvalue weighted by Gasteiger charge is -2.56. The molecule has 8 heteroatoms. The van der Waals surface area contributed by atoms with Gasteiger partial charge in [-0.25, -0.2) is 0 Å². The van der Waals surface area contributed by atoms with Crippen LogP contribution < -0.4 is 4.74 Å². The number of methoxy groups -OCH3 is 1. The summed E-state index contributed by atoms with van der Waals surface area (Å²) in [6, 6.07) is 13.9. The number of halogens is 1. The van der Waals surface area contributed by atoms with Gasteiger partial charge in [-0.15, -0.1) is 0 Å². The van der Waals surface area contributed by atoms with E-state index in [-0.39, 0.29) is 6.61 Å². The molecule has 0 unspecified atom stereocenters. The van der Waals surface area contributed by atoms with Crippen molar-refractivity contribution in [2.75, 3.05) is 40.1 Å². The van der Waals surface area contributed by atoms with Gasteiger partial charge in [0.2, 0.25) is 5.79 Å². The Morgan fingerprint density at radius 2 is 1.44 bits per heavy atom. The molecular formula is C35H53ClO7. The van der Waals surface area contributed by atoms with Gasteiger partial charge in [0.15, 0.2) is 0 Å². The van der Waals surface area contributed by atoms with Crippen LogP contribution in [0.2, 0.25) is 5.02 Å². The van der Waals surface area contributed by atoms with Gasteiger partial charge in [0.25, 0.3) is 0 Å². The van der Waals surface area contributed by atoms with Gasteiger partial charge in [0.05, 0.1) is 13.2 Å². The Morgan fingerprint density at radius 1 is 0.837 bits per heavy atom. The summed E-state index contributed by atoms with van der Waals surface area (Å²) < 4.78 is 38.6. The van der Waals surface area contributed by atoms with E-state index in [2.05, 4.69) is 20.8 Å². The minimum atomic E-state index is -1.38. The van der Waals surface area contributed by atoms with E-state index in [4.69, 9.17) is 40.0 Å². The molecule has 0 spiro atoms. The monoisotopic (exact) mass is 620 g/mol. The standard InChI is InChI=1S/C35H53ClO7/c1-7-11-20-40-31-32(41-21-12-8-2)34(5,25-37)43-35(38-6,33(31)42-22-13-9-3)28-16-19-30(36)27(24-28)23-26-14-17-29(18-15-26)39-10-4/h14-19,24,31-33,37H,7-13,20-23,25H2,1-6H3/t31-,32-,33+,34+,35-/m0/s1. The molecule has 1 aliphatic rings. The van der Waals surface area contributed by atoms with Crippen LogP contribution >= 0.6 is 11.6 Å². The van der Waals surface area contributed by atoms with Gasteiger partial charge in [-0.05, 0) is 74.9 Å². The van der Waals surface area contributed by atoms with Gasteiger partial charge in [-0.3, -0.25) is 0 Å². The van der Waals surface area contributed by atoms with Crippen LogP contribution in [0.1, 0.15) is 89.8 Å². The van der Waals surface area contributed by atoms with Gasteiger partial charge in [0, 0.05) is 37.5 Å². The average molecular weight is 621 g/mol. The van der Waals surface area contributed by atoms with Crippen molar-refractivity contribution in [3.63, 3.8) is 0 Å². The second-order valence-corrected chi connectivity index (χ2v) is 11.9. The van der Waals surface area contributed by atoms with Crippen LogP contribution in [0.3, 0.4) is 0 Å². The molecule has 0 aliphatic carbocycles. The molecule has 1 aliphatic heterocycles. The van der Waals surface area contributed by atoms with Gasteiger partial charge >= 0.3 is 0 Å². The van der Waals surface area contributed by atoms with Crippen molar-refractivity contribution >= 4 is 11.6 Å². The van der Waals surface area contributed by atoms with Crippen molar-refractivity contribution < 1.29 is 33.5 Å². The maximum atomic E-state index is 10.8. The molecule has 2 aromatic carbocycles. The van der Waals surface area contributed by atoms with Gasteiger partial charge in [-0.2, -0.15) is 0 Å². The Labute approximate surface area is 264 Å². The Kier molecular flexibility index (Phi) is 14.7. The predicted octanol–water partition coefficient (Wildman–Crippen LogP) is 7.47. The third-order valence-electron chi connectivity index (χ3n) is 8.05. The summed E-state index contributed by atoms with van der Waals surface area (Å²) >= 11 is 6.76. The lowest BCUT2D eigenvalue weighted by Crippen LogP contribution is -2.71. The van der Waals surface area contributed by atoms with Crippen LogP contribution in [0.15, 0.2) is 42.5 Å². The van der Waals surface area contributed by atoms with Crippen molar-refractivity contribution in [1.82, 2.24) is 0 Å². The number of benzene rings is 2. The molecule has 2 aromatic rings. The van der Waals surface area contributed by atoms with E-state index in [0.717, 1.165) is 61.0 Å². The summed E-state index contributed by atoms with van der Waals surface area (Å²) in [7, 11) is 1.62. The molecule has 7 nitrogen and oxygen atoms in total. The topological polar surface area (TPSA) is 75.6 Å². The van der Waals surface area contributed by atoms with E-state index in [0.29, 0.717) is 37.9 Å². The second-order valence-electron chi connectivity index (χ2n) is 11.5. The summed E-state index contributed by atoms with van der Waals surface area (Å²) in [5.74, 6) is -0.551. The van der Waals surface area contributed by atoms with Gasteiger partial charge in [-0.1, -0.05) is 69.8 Å². The van der Waals surface area contributed by atoms with E-state index >= 15 is 0 Å². The molecule has 43 heavy (non-hydrogen) atoms. The molecule has 0 aromatic heterocycles. The Balaban J connectivity index is 2.10. The number of hydrogen-bond donors (Lipinski definition) is 1. The maximum absolute atomic E-state index is 10.8. The molecule has 1 heterocycles. The van der Waals surface area contributed by atoms with E-state index in [1.54, 1.807) is 7.11 Å². The van der Waals surface area contributed by atoms with Gasteiger partial charge < -0.3 is 33.5 Å². The Bertz CT molecular complexity index is 1080. The molecule has 1 fully saturated rings. The maximum Gasteiger partial charge on any atom is 0.225 e. The minimum absolute atomic E-state index is 0.281.